The highest BCUT2D eigenvalue weighted by Gasteiger charge is 2.42. The maximum Gasteiger partial charge on any atom is 0.122 e. The van der Waals surface area contributed by atoms with Gasteiger partial charge in [0.05, 0.1) is 6.61 Å². The molecule has 0 aliphatic heterocycles. The van der Waals surface area contributed by atoms with E-state index in [1.165, 1.54) is 18.4 Å². The van der Waals surface area contributed by atoms with Crippen LogP contribution in [0.25, 0.3) is 0 Å². The Morgan fingerprint density at radius 2 is 2.07 bits per heavy atom. The summed E-state index contributed by atoms with van der Waals surface area (Å²) in [5.41, 5.74) is 7.18. The van der Waals surface area contributed by atoms with Gasteiger partial charge in [0.15, 0.2) is 0 Å². The molecule has 1 saturated carbocycles. The molecule has 0 atom stereocenters. The van der Waals surface area contributed by atoms with Crippen LogP contribution in [0.4, 0.5) is 0 Å². The highest BCUT2D eigenvalue weighted by atomic mass is 16.5. The largest absolute Gasteiger partial charge is 0.493 e. The van der Waals surface area contributed by atoms with Crippen LogP contribution < -0.4 is 10.5 Å². The Bertz CT molecular complexity index is 318. The third kappa shape index (κ3) is 1.90. The van der Waals surface area contributed by atoms with E-state index >= 15 is 0 Å². The molecule has 0 unspecified atom stereocenters. The summed E-state index contributed by atoms with van der Waals surface area (Å²) in [6.07, 6.45) is 2.44. The molecular weight excluding hydrogens is 174 g/mol. The second kappa shape index (κ2) is 3.62. The molecule has 76 valence electrons. The van der Waals surface area contributed by atoms with Crippen molar-refractivity contribution < 1.29 is 4.74 Å². The highest BCUT2D eigenvalue weighted by Crippen LogP contribution is 2.44. The summed E-state index contributed by atoms with van der Waals surface area (Å²) in [4.78, 5) is 0. The fourth-order valence-corrected chi connectivity index (χ4v) is 1.53. The first-order valence-corrected chi connectivity index (χ1v) is 5.14. The van der Waals surface area contributed by atoms with Crippen LogP contribution in [0.3, 0.4) is 0 Å². The van der Waals surface area contributed by atoms with Crippen molar-refractivity contribution in [1.29, 1.82) is 0 Å². The number of benzene rings is 1. The van der Waals surface area contributed by atoms with Crippen LogP contribution in [0.2, 0.25) is 0 Å². The molecule has 1 fully saturated rings. The fraction of sp³-hybridized carbons (Fsp3) is 0.500. The predicted octanol–water partition coefficient (Wildman–Crippen LogP) is 2.11. The van der Waals surface area contributed by atoms with Gasteiger partial charge in [-0.2, -0.15) is 0 Å². The average Bonchev–Trinajstić information content (AvgIpc) is 2.98. The molecule has 2 heteroatoms. The van der Waals surface area contributed by atoms with Gasteiger partial charge in [0.25, 0.3) is 0 Å². The van der Waals surface area contributed by atoms with Crippen molar-refractivity contribution in [2.75, 3.05) is 13.2 Å². The summed E-state index contributed by atoms with van der Waals surface area (Å²) in [5, 5.41) is 0. The molecule has 0 heterocycles. The molecule has 0 amide bonds. The molecule has 2 rings (SSSR count). The second-order valence-corrected chi connectivity index (χ2v) is 4.26. The van der Waals surface area contributed by atoms with E-state index in [0.717, 1.165) is 18.9 Å². The van der Waals surface area contributed by atoms with Gasteiger partial charge in [-0.05, 0) is 31.4 Å². The van der Waals surface area contributed by atoms with Gasteiger partial charge in [0, 0.05) is 12.0 Å². The quantitative estimate of drug-likeness (QED) is 0.791. The predicted molar refractivity (Wildman–Crippen MR) is 57.4 cm³/mol. The summed E-state index contributed by atoms with van der Waals surface area (Å²) < 4.78 is 5.77. The monoisotopic (exact) mass is 191 g/mol. The zero-order chi connectivity index (χ0) is 10.0. The lowest BCUT2D eigenvalue weighted by molar-refractivity contribution is 0.237. The van der Waals surface area contributed by atoms with E-state index in [1.54, 1.807) is 0 Å². The van der Waals surface area contributed by atoms with Crippen LogP contribution in [-0.4, -0.2) is 13.2 Å². The molecule has 1 aliphatic rings. The number of para-hydroxylation sites is 1. The molecule has 2 N–H and O–H groups in total. The molecule has 1 aliphatic carbocycles. The van der Waals surface area contributed by atoms with E-state index in [-0.39, 0.29) is 0 Å². The SMILES string of the molecule is Cc1ccccc1OCC1(CN)CC1. The van der Waals surface area contributed by atoms with Crippen LogP contribution >= 0.6 is 0 Å². The number of hydrogen-bond donors (Lipinski definition) is 1. The number of nitrogens with two attached hydrogens (primary N) is 1. The molecule has 1 aromatic rings. The Balaban J connectivity index is 1.95. The zero-order valence-corrected chi connectivity index (χ0v) is 8.62. The first-order valence-electron chi connectivity index (χ1n) is 5.14. The summed E-state index contributed by atoms with van der Waals surface area (Å²) >= 11 is 0. The Hall–Kier alpha value is -1.02. The smallest absolute Gasteiger partial charge is 0.122 e. The number of ether oxygens (including phenoxy) is 1. The fourth-order valence-electron chi connectivity index (χ4n) is 1.53. The standard InChI is InChI=1S/C12H17NO/c1-10-4-2-3-5-11(10)14-9-12(8-13)6-7-12/h2-5H,6-9,13H2,1H3. The Morgan fingerprint density at radius 3 is 2.64 bits per heavy atom. The Labute approximate surface area is 85.1 Å². The minimum Gasteiger partial charge on any atom is -0.493 e. The average molecular weight is 191 g/mol. The van der Waals surface area contributed by atoms with Gasteiger partial charge in [0.1, 0.15) is 5.75 Å². The van der Waals surface area contributed by atoms with E-state index in [2.05, 4.69) is 13.0 Å². The number of hydrogen-bond acceptors (Lipinski definition) is 2. The van der Waals surface area contributed by atoms with Crippen LogP contribution in [0, 0.1) is 12.3 Å². The minimum atomic E-state index is 0.294. The van der Waals surface area contributed by atoms with Crippen molar-refractivity contribution in [2.24, 2.45) is 11.1 Å². The van der Waals surface area contributed by atoms with Gasteiger partial charge < -0.3 is 10.5 Å². The normalized spacial score (nSPS) is 17.9. The van der Waals surface area contributed by atoms with E-state index in [4.69, 9.17) is 10.5 Å². The van der Waals surface area contributed by atoms with E-state index in [0.29, 0.717) is 5.41 Å². The van der Waals surface area contributed by atoms with Crippen molar-refractivity contribution in [3.8, 4) is 5.75 Å². The number of rotatable bonds is 4. The minimum absolute atomic E-state index is 0.294. The second-order valence-electron chi connectivity index (χ2n) is 4.26. The van der Waals surface area contributed by atoms with Crippen molar-refractivity contribution in [1.82, 2.24) is 0 Å². The van der Waals surface area contributed by atoms with Crippen LogP contribution in [0.5, 0.6) is 5.75 Å². The maximum absolute atomic E-state index is 5.77. The van der Waals surface area contributed by atoms with Crippen LogP contribution in [0.15, 0.2) is 24.3 Å². The zero-order valence-electron chi connectivity index (χ0n) is 8.62. The van der Waals surface area contributed by atoms with Crippen LogP contribution in [0.1, 0.15) is 18.4 Å². The van der Waals surface area contributed by atoms with Gasteiger partial charge in [0.2, 0.25) is 0 Å². The number of aryl methyl sites for hydroxylation is 1. The van der Waals surface area contributed by atoms with Gasteiger partial charge in [-0.25, -0.2) is 0 Å². The molecule has 0 radical (unpaired) electrons. The first-order chi connectivity index (χ1) is 6.76. The van der Waals surface area contributed by atoms with Gasteiger partial charge in [-0.3, -0.25) is 0 Å². The summed E-state index contributed by atoms with van der Waals surface area (Å²) in [5.74, 6) is 0.993. The van der Waals surface area contributed by atoms with Gasteiger partial charge >= 0.3 is 0 Å². The lowest BCUT2D eigenvalue weighted by atomic mass is 10.1. The van der Waals surface area contributed by atoms with Crippen molar-refractivity contribution >= 4 is 0 Å². The Morgan fingerprint density at radius 1 is 1.36 bits per heavy atom. The van der Waals surface area contributed by atoms with Crippen molar-refractivity contribution in [3.05, 3.63) is 29.8 Å². The topological polar surface area (TPSA) is 35.2 Å². The molecule has 0 saturated heterocycles. The molecule has 14 heavy (non-hydrogen) atoms. The van der Waals surface area contributed by atoms with Crippen molar-refractivity contribution in [3.63, 3.8) is 0 Å². The van der Waals surface area contributed by atoms with Crippen molar-refractivity contribution in [2.45, 2.75) is 19.8 Å². The summed E-state index contributed by atoms with van der Waals surface area (Å²) in [6.45, 7) is 3.59. The maximum atomic E-state index is 5.77. The molecule has 0 bridgehead atoms. The third-order valence-corrected chi connectivity index (χ3v) is 3.02. The van der Waals surface area contributed by atoms with E-state index in [9.17, 15) is 0 Å². The summed E-state index contributed by atoms with van der Waals surface area (Å²) in [6, 6.07) is 8.11. The molecule has 0 spiro atoms. The Kier molecular flexibility index (Phi) is 2.46. The molecule has 2 nitrogen and oxygen atoms in total. The molecular formula is C12H17NO. The third-order valence-electron chi connectivity index (χ3n) is 3.02. The highest BCUT2D eigenvalue weighted by molar-refractivity contribution is 5.31. The van der Waals surface area contributed by atoms with E-state index in [1.807, 2.05) is 18.2 Å². The first kappa shape index (κ1) is 9.53. The lowest BCUT2D eigenvalue weighted by Gasteiger charge is -2.14. The lowest BCUT2D eigenvalue weighted by Crippen LogP contribution is -2.22. The van der Waals surface area contributed by atoms with E-state index < -0.39 is 0 Å². The molecule has 1 aromatic carbocycles. The van der Waals surface area contributed by atoms with Crippen LogP contribution in [-0.2, 0) is 0 Å². The van der Waals surface area contributed by atoms with Gasteiger partial charge in [-0.1, -0.05) is 18.2 Å². The summed E-state index contributed by atoms with van der Waals surface area (Å²) in [7, 11) is 0. The van der Waals surface area contributed by atoms with Gasteiger partial charge in [-0.15, -0.1) is 0 Å². The molecule has 0 aromatic heterocycles.